The number of Topliss-reactive ketones (excluding diaryl/α,β-unsaturated/α-hetero) is 1. The number of allylic oxidation sites excluding steroid dienone is 2. The Kier molecular flexibility index (Phi) is 6.68. The van der Waals surface area contributed by atoms with Crippen molar-refractivity contribution in [3.63, 3.8) is 0 Å². The second-order valence-electron chi connectivity index (χ2n) is 8.89. The highest BCUT2D eigenvalue weighted by molar-refractivity contribution is 6.14. The standard InChI is InChI=1S/C23H33N3O2/c1-23(2,3)19-6-4-17(5-7-19)18-14-21(27)20(22(28)15-18)16-25-10-13-26-11-8-24-9-12-26/h4-7,16,18,24,27H,8-15H2,1-3H3. The van der Waals surface area contributed by atoms with E-state index >= 15 is 0 Å². The number of carbonyl (C=O) groups is 1. The summed E-state index contributed by atoms with van der Waals surface area (Å²) in [6, 6.07) is 8.46. The van der Waals surface area contributed by atoms with Gasteiger partial charge in [-0.1, -0.05) is 45.0 Å². The van der Waals surface area contributed by atoms with Crippen molar-refractivity contribution in [1.29, 1.82) is 0 Å². The summed E-state index contributed by atoms with van der Waals surface area (Å²) in [7, 11) is 0. The number of piperazine rings is 1. The Hall–Kier alpha value is -1.98. The van der Waals surface area contributed by atoms with E-state index in [1.54, 1.807) is 6.21 Å². The van der Waals surface area contributed by atoms with Crippen LogP contribution in [0.3, 0.4) is 0 Å². The van der Waals surface area contributed by atoms with Crippen molar-refractivity contribution in [3.8, 4) is 0 Å². The van der Waals surface area contributed by atoms with Crippen molar-refractivity contribution < 1.29 is 9.90 Å². The summed E-state index contributed by atoms with van der Waals surface area (Å²) < 4.78 is 0. The van der Waals surface area contributed by atoms with Gasteiger partial charge in [0.25, 0.3) is 0 Å². The first-order valence-corrected chi connectivity index (χ1v) is 10.3. The zero-order valence-corrected chi connectivity index (χ0v) is 17.4. The van der Waals surface area contributed by atoms with E-state index in [1.807, 2.05) is 0 Å². The zero-order valence-electron chi connectivity index (χ0n) is 17.4. The Bertz CT molecular complexity index is 738. The number of ketones is 1. The number of rotatable bonds is 5. The quantitative estimate of drug-likeness (QED) is 0.767. The number of aliphatic hydroxyl groups is 1. The predicted octanol–water partition coefficient (Wildman–Crippen LogP) is 3.22. The maximum absolute atomic E-state index is 12.6. The Morgan fingerprint density at radius 2 is 1.86 bits per heavy atom. The molecule has 152 valence electrons. The average molecular weight is 384 g/mol. The topological polar surface area (TPSA) is 64.9 Å². The number of benzene rings is 1. The van der Waals surface area contributed by atoms with E-state index in [0.717, 1.165) is 38.3 Å². The van der Waals surface area contributed by atoms with E-state index < -0.39 is 0 Å². The van der Waals surface area contributed by atoms with E-state index in [-0.39, 0.29) is 22.9 Å². The lowest BCUT2D eigenvalue weighted by atomic mass is 9.81. The van der Waals surface area contributed by atoms with Crippen molar-refractivity contribution in [3.05, 3.63) is 46.7 Å². The number of nitrogens with zero attached hydrogens (tertiary/aromatic N) is 2. The molecule has 0 bridgehead atoms. The van der Waals surface area contributed by atoms with Crippen molar-refractivity contribution in [2.45, 2.75) is 44.9 Å². The Morgan fingerprint density at radius 1 is 1.18 bits per heavy atom. The molecule has 5 nitrogen and oxygen atoms in total. The molecule has 1 aliphatic heterocycles. The first-order chi connectivity index (χ1) is 13.3. The summed E-state index contributed by atoms with van der Waals surface area (Å²) in [6.07, 6.45) is 2.51. The molecular weight excluding hydrogens is 350 g/mol. The Morgan fingerprint density at radius 3 is 2.46 bits per heavy atom. The van der Waals surface area contributed by atoms with Crippen LogP contribution in [0.2, 0.25) is 0 Å². The summed E-state index contributed by atoms with van der Waals surface area (Å²) >= 11 is 0. The summed E-state index contributed by atoms with van der Waals surface area (Å²) in [5.41, 5.74) is 2.89. The monoisotopic (exact) mass is 383 g/mol. The van der Waals surface area contributed by atoms with E-state index in [1.165, 1.54) is 5.56 Å². The maximum atomic E-state index is 12.6. The largest absolute Gasteiger partial charge is 0.511 e. The highest BCUT2D eigenvalue weighted by atomic mass is 16.3. The van der Waals surface area contributed by atoms with Gasteiger partial charge in [0.05, 0.1) is 12.1 Å². The van der Waals surface area contributed by atoms with Gasteiger partial charge in [0.15, 0.2) is 5.78 Å². The first-order valence-electron chi connectivity index (χ1n) is 10.3. The molecule has 1 unspecified atom stereocenters. The summed E-state index contributed by atoms with van der Waals surface area (Å²) in [5.74, 6) is 0.200. The average Bonchev–Trinajstić information content (AvgIpc) is 2.67. The number of hydrogen-bond donors (Lipinski definition) is 2. The van der Waals surface area contributed by atoms with Crippen LogP contribution < -0.4 is 5.32 Å². The fraction of sp³-hybridized carbons (Fsp3) is 0.565. The van der Waals surface area contributed by atoms with Crippen LogP contribution in [0.1, 0.15) is 50.7 Å². The van der Waals surface area contributed by atoms with Crippen molar-refractivity contribution in [2.75, 3.05) is 39.3 Å². The number of nitrogens with one attached hydrogen (secondary N) is 1. The van der Waals surface area contributed by atoms with Gasteiger partial charge in [-0.2, -0.15) is 0 Å². The smallest absolute Gasteiger partial charge is 0.168 e. The molecule has 1 saturated heterocycles. The SMILES string of the molecule is CC(C)(C)c1ccc(C2CC(=O)C(C=NCCN3CCNCC3)=C(O)C2)cc1. The summed E-state index contributed by atoms with van der Waals surface area (Å²) in [4.78, 5) is 19.3. The second-order valence-corrected chi connectivity index (χ2v) is 8.89. The van der Waals surface area contributed by atoms with Gasteiger partial charge in [0.1, 0.15) is 5.76 Å². The fourth-order valence-corrected chi connectivity index (χ4v) is 3.84. The van der Waals surface area contributed by atoms with Gasteiger partial charge >= 0.3 is 0 Å². The van der Waals surface area contributed by atoms with Crippen LogP contribution in [-0.2, 0) is 10.2 Å². The van der Waals surface area contributed by atoms with Gasteiger partial charge in [-0.25, -0.2) is 0 Å². The summed E-state index contributed by atoms with van der Waals surface area (Å²) in [6.45, 7) is 12.2. The van der Waals surface area contributed by atoms with Gasteiger partial charge in [0.2, 0.25) is 0 Å². The van der Waals surface area contributed by atoms with E-state index in [9.17, 15) is 9.90 Å². The molecule has 1 aromatic carbocycles. The lowest BCUT2D eigenvalue weighted by Gasteiger charge is -2.26. The minimum absolute atomic E-state index is 0.0143. The van der Waals surface area contributed by atoms with Crippen molar-refractivity contribution >= 4 is 12.0 Å². The highest BCUT2D eigenvalue weighted by Crippen LogP contribution is 2.34. The molecule has 3 rings (SSSR count). The van der Waals surface area contributed by atoms with Crippen LogP contribution in [-0.4, -0.2) is 61.3 Å². The molecule has 0 aromatic heterocycles. The number of hydrogen-bond acceptors (Lipinski definition) is 5. The maximum Gasteiger partial charge on any atom is 0.168 e. The molecule has 1 aliphatic carbocycles. The van der Waals surface area contributed by atoms with Gasteiger partial charge < -0.3 is 10.4 Å². The van der Waals surface area contributed by atoms with Gasteiger partial charge in [0, 0.05) is 51.8 Å². The minimum Gasteiger partial charge on any atom is -0.511 e. The van der Waals surface area contributed by atoms with E-state index in [2.05, 4.69) is 60.2 Å². The van der Waals surface area contributed by atoms with Crippen LogP contribution in [0.15, 0.2) is 40.6 Å². The van der Waals surface area contributed by atoms with Gasteiger partial charge in [-0.15, -0.1) is 0 Å². The molecule has 5 heteroatoms. The number of aliphatic hydroxyl groups excluding tert-OH is 1. The van der Waals surface area contributed by atoms with Gasteiger partial charge in [-0.3, -0.25) is 14.7 Å². The first kappa shape index (κ1) is 20.7. The molecule has 1 fully saturated rings. The summed E-state index contributed by atoms with van der Waals surface area (Å²) in [5, 5.41) is 13.8. The number of carbonyl (C=O) groups excluding carboxylic acids is 1. The van der Waals surface area contributed by atoms with Gasteiger partial charge in [-0.05, 0) is 22.5 Å². The zero-order chi connectivity index (χ0) is 20.1. The molecule has 0 spiro atoms. The van der Waals surface area contributed by atoms with Crippen molar-refractivity contribution in [2.24, 2.45) is 4.99 Å². The van der Waals surface area contributed by atoms with Crippen LogP contribution in [0.25, 0.3) is 0 Å². The molecule has 0 amide bonds. The Balaban J connectivity index is 1.59. The third-order valence-electron chi connectivity index (χ3n) is 5.71. The van der Waals surface area contributed by atoms with Crippen LogP contribution >= 0.6 is 0 Å². The third kappa shape index (κ3) is 5.30. The molecule has 1 atom stereocenters. The second kappa shape index (κ2) is 9.01. The van der Waals surface area contributed by atoms with Crippen LogP contribution in [0.5, 0.6) is 0 Å². The van der Waals surface area contributed by atoms with Crippen molar-refractivity contribution in [1.82, 2.24) is 10.2 Å². The van der Waals surface area contributed by atoms with E-state index in [4.69, 9.17) is 0 Å². The fourth-order valence-electron chi connectivity index (χ4n) is 3.84. The van der Waals surface area contributed by atoms with Crippen LogP contribution in [0.4, 0.5) is 0 Å². The highest BCUT2D eigenvalue weighted by Gasteiger charge is 2.28. The van der Waals surface area contributed by atoms with Crippen LogP contribution in [0, 0.1) is 0 Å². The minimum atomic E-state index is -0.0143. The molecule has 1 heterocycles. The number of aliphatic imine (C=N–C) groups is 1. The Labute approximate surface area is 168 Å². The molecule has 28 heavy (non-hydrogen) atoms. The molecular formula is C23H33N3O2. The third-order valence-corrected chi connectivity index (χ3v) is 5.71. The molecule has 2 N–H and O–H groups in total. The van der Waals surface area contributed by atoms with E-state index in [0.29, 0.717) is 25.0 Å². The normalized spacial score (nSPS) is 22.2. The molecule has 0 radical (unpaired) electrons. The molecule has 0 saturated carbocycles. The lowest BCUT2D eigenvalue weighted by molar-refractivity contribution is -0.116. The predicted molar refractivity (Wildman–Crippen MR) is 114 cm³/mol. The lowest BCUT2D eigenvalue weighted by Crippen LogP contribution is -2.44. The molecule has 2 aliphatic rings. The molecule has 1 aromatic rings.